The molecule has 0 saturated heterocycles. The summed E-state index contributed by atoms with van der Waals surface area (Å²) in [5, 5.41) is 8.97. The van der Waals surface area contributed by atoms with Crippen molar-refractivity contribution in [3.05, 3.63) is 89.9 Å². The van der Waals surface area contributed by atoms with E-state index in [0.717, 1.165) is 17.7 Å². The van der Waals surface area contributed by atoms with Crippen LogP contribution in [0.15, 0.2) is 72.9 Å². The maximum Gasteiger partial charge on any atom is 0.573 e. The second-order valence-corrected chi connectivity index (χ2v) is 7.76. The zero-order valence-corrected chi connectivity index (χ0v) is 19.2. The van der Waals surface area contributed by atoms with Crippen molar-refractivity contribution in [3.8, 4) is 5.75 Å². The summed E-state index contributed by atoms with van der Waals surface area (Å²) in [6.45, 7) is 3.74. The minimum atomic E-state index is -4.84. The molecule has 0 aliphatic heterocycles. The molecule has 0 unspecified atom stereocenters. The van der Waals surface area contributed by atoms with Crippen LogP contribution < -0.4 is 20.7 Å². The fourth-order valence-corrected chi connectivity index (χ4v) is 3.25. The predicted molar refractivity (Wildman–Crippen MR) is 130 cm³/mol. The first kappa shape index (κ1) is 24.5. The van der Waals surface area contributed by atoms with Crippen molar-refractivity contribution in [2.45, 2.75) is 20.2 Å². The number of ether oxygens (including phenoxy) is 1. The Morgan fingerprint density at radius 2 is 1.53 bits per heavy atom. The van der Waals surface area contributed by atoms with E-state index in [1.165, 1.54) is 12.1 Å². The maximum atomic E-state index is 12.5. The number of aryl methyl sites for hydroxylation is 2. The van der Waals surface area contributed by atoms with Gasteiger partial charge in [-0.2, -0.15) is 0 Å². The molecule has 3 N–H and O–H groups in total. The molecule has 0 fully saturated rings. The average Bonchev–Trinajstić information content (AvgIpc) is 2.79. The minimum absolute atomic E-state index is 0.0264. The van der Waals surface area contributed by atoms with E-state index in [1.54, 1.807) is 43.5 Å². The Morgan fingerprint density at radius 1 is 0.833 bits per heavy atom. The number of carbonyl (C=O) groups is 1. The van der Waals surface area contributed by atoms with E-state index in [1.807, 2.05) is 19.1 Å². The zero-order valence-electron chi connectivity index (χ0n) is 19.2. The molecule has 4 aromatic rings. The van der Waals surface area contributed by atoms with Crippen LogP contribution in [0.5, 0.6) is 5.75 Å². The smallest absolute Gasteiger partial charge is 0.406 e. The van der Waals surface area contributed by atoms with Gasteiger partial charge in [0.05, 0.1) is 0 Å². The van der Waals surface area contributed by atoms with Crippen LogP contribution in [0.1, 0.15) is 21.7 Å². The molecule has 0 saturated carbocycles. The first-order chi connectivity index (χ1) is 17.1. The number of nitrogens with one attached hydrogen (secondary N) is 3. The number of halogens is 3. The largest absolute Gasteiger partial charge is 0.573 e. The fraction of sp³-hybridized carbons (Fsp3) is 0.120. The lowest BCUT2D eigenvalue weighted by Crippen LogP contribution is -2.18. The molecular weight excluding hydrogens is 473 g/mol. The quantitative estimate of drug-likeness (QED) is 0.284. The molecule has 0 bridgehead atoms. The third-order valence-corrected chi connectivity index (χ3v) is 4.75. The number of nitrogens with zero attached hydrogens (tertiary/aromatic N) is 3. The highest BCUT2D eigenvalue weighted by Gasteiger charge is 2.31. The number of carbonyl (C=O) groups excluding carboxylic acids is 1. The second-order valence-electron chi connectivity index (χ2n) is 7.76. The number of hydrogen-bond acceptors (Lipinski definition) is 7. The number of alkyl halides is 3. The second kappa shape index (κ2) is 10.3. The molecule has 2 heterocycles. The molecule has 36 heavy (non-hydrogen) atoms. The van der Waals surface area contributed by atoms with Crippen molar-refractivity contribution in [2.75, 3.05) is 16.0 Å². The molecular formula is C25H21F3N6O2. The molecule has 0 radical (unpaired) electrons. The molecule has 184 valence electrons. The number of amides is 1. The Balaban J connectivity index is 1.41. The topological polar surface area (TPSA) is 101 Å². The summed E-state index contributed by atoms with van der Waals surface area (Å²) in [5.41, 5.74) is 2.25. The molecule has 4 rings (SSSR count). The molecule has 11 heteroatoms. The number of hydrogen-bond donors (Lipinski definition) is 3. The summed E-state index contributed by atoms with van der Waals surface area (Å²) in [7, 11) is 0. The lowest BCUT2D eigenvalue weighted by molar-refractivity contribution is -0.274. The lowest BCUT2D eigenvalue weighted by Gasteiger charge is -2.12. The highest BCUT2D eigenvalue weighted by atomic mass is 19.4. The average molecular weight is 494 g/mol. The summed E-state index contributed by atoms with van der Waals surface area (Å²) in [6, 6.07) is 17.1. The SMILES string of the molecule is Cc1ccnc(Nc2cc(Nc3ccc(NC(=O)c4cccc(OC(F)(F)F)c4)cc3)nc(C)n2)c1. The van der Waals surface area contributed by atoms with E-state index < -0.39 is 18.0 Å². The van der Waals surface area contributed by atoms with Gasteiger partial charge in [0.1, 0.15) is 29.0 Å². The summed E-state index contributed by atoms with van der Waals surface area (Å²) in [4.78, 5) is 25.5. The van der Waals surface area contributed by atoms with Crippen LogP contribution in [0, 0.1) is 13.8 Å². The third-order valence-electron chi connectivity index (χ3n) is 4.75. The first-order valence-corrected chi connectivity index (χ1v) is 10.7. The highest BCUT2D eigenvalue weighted by molar-refractivity contribution is 6.04. The molecule has 0 aliphatic rings. The maximum absolute atomic E-state index is 12.5. The molecule has 0 atom stereocenters. The van der Waals surface area contributed by atoms with Crippen molar-refractivity contribution >= 4 is 34.7 Å². The van der Waals surface area contributed by atoms with E-state index in [4.69, 9.17) is 0 Å². The van der Waals surface area contributed by atoms with Gasteiger partial charge in [0.25, 0.3) is 5.91 Å². The van der Waals surface area contributed by atoms with Crippen LogP contribution in [-0.4, -0.2) is 27.2 Å². The Morgan fingerprint density at radius 3 is 2.22 bits per heavy atom. The lowest BCUT2D eigenvalue weighted by atomic mass is 10.2. The number of aromatic nitrogens is 3. The van der Waals surface area contributed by atoms with Crippen LogP contribution in [0.4, 0.5) is 42.0 Å². The van der Waals surface area contributed by atoms with Gasteiger partial charge in [-0.15, -0.1) is 13.2 Å². The van der Waals surface area contributed by atoms with Gasteiger partial charge in [-0.1, -0.05) is 6.07 Å². The molecule has 0 spiro atoms. The van der Waals surface area contributed by atoms with E-state index in [0.29, 0.717) is 34.7 Å². The van der Waals surface area contributed by atoms with E-state index >= 15 is 0 Å². The van der Waals surface area contributed by atoms with Crippen molar-refractivity contribution < 1.29 is 22.7 Å². The number of anilines is 5. The van der Waals surface area contributed by atoms with Gasteiger partial charge in [0, 0.05) is 29.2 Å². The van der Waals surface area contributed by atoms with Crippen LogP contribution in [0.3, 0.4) is 0 Å². The predicted octanol–water partition coefficient (Wildman–Crippen LogP) is 6.13. The van der Waals surface area contributed by atoms with Gasteiger partial charge in [-0.05, 0) is 74.0 Å². The van der Waals surface area contributed by atoms with Crippen molar-refractivity contribution in [3.63, 3.8) is 0 Å². The Labute approximate surface area is 204 Å². The van der Waals surface area contributed by atoms with E-state index in [2.05, 4.69) is 35.6 Å². The van der Waals surface area contributed by atoms with Crippen molar-refractivity contribution in [2.24, 2.45) is 0 Å². The van der Waals surface area contributed by atoms with Crippen LogP contribution in [0.25, 0.3) is 0 Å². The van der Waals surface area contributed by atoms with Crippen molar-refractivity contribution in [1.82, 2.24) is 15.0 Å². The normalized spacial score (nSPS) is 11.0. The summed E-state index contributed by atoms with van der Waals surface area (Å²) < 4.78 is 41.2. The fourth-order valence-electron chi connectivity index (χ4n) is 3.25. The Bertz CT molecular complexity index is 1380. The van der Waals surface area contributed by atoms with E-state index in [9.17, 15) is 18.0 Å². The number of pyridine rings is 1. The summed E-state index contributed by atoms with van der Waals surface area (Å²) in [5.74, 6) is 1.29. The number of benzene rings is 2. The van der Waals surface area contributed by atoms with Gasteiger partial charge in [-0.3, -0.25) is 4.79 Å². The third kappa shape index (κ3) is 6.92. The van der Waals surface area contributed by atoms with Gasteiger partial charge in [-0.25, -0.2) is 15.0 Å². The number of rotatable bonds is 7. The minimum Gasteiger partial charge on any atom is -0.406 e. The van der Waals surface area contributed by atoms with Gasteiger partial charge in [0.2, 0.25) is 0 Å². The molecule has 0 aliphatic carbocycles. The Hall–Kier alpha value is -4.67. The molecule has 1 amide bonds. The molecule has 8 nitrogen and oxygen atoms in total. The summed E-state index contributed by atoms with van der Waals surface area (Å²) in [6.07, 6.45) is -3.13. The van der Waals surface area contributed by atoms with Gasteiger partial charge >= 0.3 is 6.36 Å². The van der Waals surface area contributed by atoms with Gasteiger partial charge in [0.15, 0.2) is 0 Å². The highest BCUT2D eigenvalue weighted by Crippen LogP contribution is 2.25. The molecule has 2 aromatic carbocycles. The zero-order chi connectivity index (χ0) is 25.7. The first-order valence-electron chi connectivity index (χ1n) is 10.7. The van der Waals surface area contributed by atoms with Gasteiger partial charge < -0.3 is 20.7 Å². The van der Waals surface area contributed by atoms with Crippen molar-refractivity contribution in [1.29, 1.82) is 0 Å². The van der Waals surface area contributed by atoms with Crippen LogP contribution >= 0.6 is 0 Å². The van der Waals surface area contributed by atoms with E-state index in [-0.39, 0.29) is 5.56 Å². The van der Waals surface area contributed by atoms with Crippen LogP contribution in [-0.2, 0) is 0 Å². The standard InChI is InChI=1S/C25H21F3N6O2/c1-15-10-11-29-21(12-15)34-23-14-22(30-16(2)31-23)32-18-6-8-19(9-7-18)33-24(35)17-4-3-5-20(13-17)36-25(26,27)28/h3-14H,1-2H3,(H,33,35)(H2,29,30,31,32,34). The Kier molecular flexibility index (Phi) is 7.00. The molecule has 2 aromatic heterocycles. The van der Waals surface area contributed by atoms with Crippen LogP contribution in [0.2, 0.25) is 0 Å². The monoisotopic (exact) mass is 494 g/mol. The summed E-state index contributed by atoms with van der Waals surface area (Å²) >= 11 is 0.